The molecule has 0 aromatic carbocycles. The van der Waals surface area contributed by atoms with Crippen molar-refractivity contribution in [2.24, 2.45) is 5.92 Å². The Morgan fingerprint density at radius 1 is 1.26 bits per heavy atom. The van der Waals surface area contributed by atoms with Gasteiger partial charge in [0.1, 0.15) is 0 Å². The first kappa shape index (κ1) is 15.8. The molecule has 1 nitrogen and oxygen atoms in total. The van der Waals surface area contributed by atoms with Crippen LogP contribution in [0.25, 0.3) is 0 Å². The van der Waals surface area contributed by atoms with Crippen LogP contribution in [0.4, 0.5) is 0 Å². The van der Waals surface area contributed by atoms with Gasteiger partial charge in [-0.1, -0.05) is 38.7 Å². The molecule has 0 N–H and O–H groups in total. The lowest BCUT2D eigenvalue weighted by Gasteiger charge is -2.16. The summed E-state index contributed by atoms with van der Waals surface area (Å²) >= 11 is 0. The topological polar surface area (TPSA) is 12.9 Å². The third-order valence-electron chi connectivity index (χ3n) is 3.44. The van der Waals surface area contributed by atoms with E-state index < -0.39 is 0 Å². The van der Waals surface area contributed by atoms with Gasteiger partial charge in [0.05, 0.1) is 0 Å². The van der Waals surface area contributed by atoms with Crippen LogP contribution in [0.1, 0.15) is 63.9 Å². The molecule has 0 saturated carbocycles. The Balaban J connectivity index is 2.37. The molecule has 0 amide bonds. The van der Waals surface area contributed by atoms with Crippen LogP contribution in [-0.4, -0.2) is 4.98 Å². The van der Waals surface area contributed by atoms with Crippen molar-refractivity contribution in [1.29, 1.82) is 0 Å². The van der Waals surface area contributed by atoms with Gasteiger partial charge in [-0.25, -0.2) is 0 Å². The highest BCUT2D eigenvalue weighted by atomic mass is 14.6. The maximum absolute atomic E-state index is 5.34. The molecule has 1 unspecified atom stereocenters. The van der Waals surface area contributed by atoms with Crippen molar-refractivity contribution in [3.63, 3.8) is 0 Å². The molecule has 1 aromatic rings. The van der Waals surface area contributed by atoms with Crippen LogP contribution in [0.5, 0.6) is 0 Å². The summed E-state index contributed by atoms with van der Waals surface area (Å²) < 4.78 is 0. The normalized spacial score (nSPS) is 12.0. The van der Waals surface area contributed by atoms with Crippen molar-refractivity contribution in [2.45, 2.75) is 58.3 Å². The van der Waals surface area contributed by atoms with Crippen LogP contribution in [0.15, 0.2) is 24.5 Å². The summed E-state index contributed by atoms with van der Waals surface area (Å²) in [6.45, 7) is 2.26. The van der Waals surface area contributed by atoms with E-state index >= 15 is 0 Å². The fraction of sp³-hybridized carbons (Fsp3) is 0.556. The number of hydrogen-bond acceptors (Lipinski definition) is 1. The SMILES string of the molecule is C#CCCCC([CH]c1cccnc1)CCCCCC. The summed E-state index contributed by atoms with van der Waals surface area (Å²) in [5, 5.41) is 0. The summed E-state index contributed by atoms with van der Waals surface area (Å²) in [5.74, 6) is 3.38. The maximum atomic E-state index is 5.34. The summed E-state index contributed by atoms with van der Waals surface area (Å²) in [4.78, 5) is 4.18. The van der Waals surface area contributed by atoms with Crippen molar-refractivity contribution in [1.82, 2.24) is 4.98 Å². The Kier molecular flexibility index (Phi) is 8.81. The Hall–Kier alpha value is -1.29. The number of pyridine rings is 1. The molecule has 0 fully saturated rings. The molecule has 0 saturated heterocycles. The van der Waals surface area contributed by atoms with E-state index in [0.717, 1.165) is 12.8 Å². The second kappa shape index (κ2) is 10.6. The van der Waals surface area contributed by atoms with E-state index in [9.17, 15) is 0 Å². The number of nitrogens with zero attached hydrogens (tertiary/aromatic N) is 1. The molecule has 1 aromatic heterocycles. The van der Waals surface area contributed by atoms with Crippen LogP contribution in [0.2, 0.25) is 0 Å². The zero-order chi connectivity index (χ0) is 13.8. The highest BCUT2D eigenvalue weighted by molar-refractivity contribution is 5.19. The number of hydrogen-bond donors (Lipinski definition) is 0. The lowest BCUT2D eigenvalue weighted by Crippen LogP contribution is -2.03. The zero-order valence-electron chi connectivity index (χ0n) is 12.1. The first-order valence-corrected chi connectivity index (χ1v) is 7.55. The van der Waals surface area contributed by atoms with Crippen molar-refractivity contribution in [3.8, 4) is 12.3 Å². The Labute approximate surface area is 118 Å². The van der Waals surface area contributed by atoms with E-state index in [4.69, 9.17) is 6.42 Å². The van der Waals surface area contributed by atoms with Crippen molar-refractivity contribution in [2.75, 3.05) is 0 Å². The molecule has 1 heterocycles. The number of unbranched alkanes of at least 4 members (excludes halogenated alkanes) is 4. The molecule has 0 bridgehead atoms. The molecule has 1 heteroatoms. The van der Waals surface area contributed by atoms with E-state index in [1.165, 1.54) is 44.1 Å². The molecule has 1 atom stereocenters. The molecule has 0 aliphatic heterocycles. The van der Waals surface area contributed by atoms with E-state index in [1.54, 1.807) is 0 Å². The van der Waals surface area contributed by atoms with Gasteiger partial charge in [-0.2, -0.15) is 0 Å². The van der Waals surface area contributed by atoms with E-state index in [1.807, 2.05) is 18.5 Å². The highest BCUT2D eigenvalue weighted by Gasteiger charge is 2.10. The highest BCUT2D eigenvalue weighted by Crippen LogP contribution is 2.23. The predicted octanol–water partition coefficient (Wildman–Crippen LogP) is 5.02. The average Bonchev–Trinajstić information content (AvgIpc) is 2.44. The van der Waals surface area contributed by atoms with Crippen molar-refractivity contribution in [3.05, 3.63) is 36.5 Å². The first-order valence-electron chi connectivity index (χ1n) is 7.55. The van der Waals surface area contributed by atoms with E-state index in [2.05, 4.69) is 30.3 Å². The molecule has 0 aliphatic carbocycles. The van der Waals surface area contributed by atoms with Gasteiger partial charge in [-0.05, 0) is 43.2 Å². The predicted molar refractivity (Wildman–Crippen MR) is 82.6 cm³/mol. The van der Waals surface area contributed by atoms with Crippen LogP contribution in [0, 0.1) is 24.7 Å². The van der Waals surface area contributed by atoms with Crippen LogP contribution in [0.3, 0.4) is 0 Å². The Morgan fingerprint density at radius 3 is 2.79 bits per heavy atom. The standard InChI is InChI=1S/C18H26N/c1-3-5-7-9-12-17(11-8-6-4-2)15-18-13-10-14-19-16-18/h2,10,13-17H,3,5-9,11-12H2,1H3. The van der Waals surface area contributed by atoms with Crippen LogP contribution < -0.4 is 0 Å². The molecule has 19 heavy (non-hydrogen) atoms. The van der Waals surface area contributed by atoms with Gasteiger partial charge in [0.2, 0.25) is 0 Å². The Bertz CT molecular complexity index is 350. The minimum absolute atomic E-state index is 0.648. The number of aromatic nitrogens is 1. The number of rotatable bonds is 10. The monoisotopic (exact) mass is 256 g/mol. The molecular formula is C18H26N. The smallest absolute Gasteiger partial charge is 0.0303 e. The van der Waals surface area contributed by atoms with Gasteiger partial charge in [0.25, 0.3) is 0 Å². The van der Waals surface area contributed by atoms with Crippen molar-refractivity contribution < 1.29 is 0 Å². The second-order valence-electron chi connectivity index (χ2n) is 5.16. The molecule has 0 aliphatic rings. The van der Waals surface area contributed by atoms with E-state index in [0.29, 0.717) is 5.92 Å². The summed E-state index contributed by atoms with van der Waals surface area (Å²) in [6, 6.07) is 4.13. The van der Waals surface area contributed by atoms with Gasteiger partial charge >= 0.3 is 0 Å². The molecule has 1 rings (SSSR count). The van der Waals surface area contributed by atoms with Gasteiger partial charge in [-0.15, -0.1) is 12.3 Å². The van der Waals surface area contributed by atoms with Crippen molar-refractivity contribution >= 4 is 0 Å². The number of terminal acetylenes is 1. The van der Waals surface area contributed by atoms with Gasteiger partial charge in [0, 0.05) is 18.8 Å². The van der Waals surface area contributed by atoms with Crippen LogP contribution in [-0.2, 0) is 0 Å². The maximum Gasteiger partial charge on any atom is 0.0303 e. The molecule has 0 spiro atoms. The summed E-state index contributed by atoms with van der Waals surface area (Å²) in [7, 11) is 0. The quantitative estimate of drug-likeness (QED) is 0.423. The lowest BCUT2D eigenvalue weighted by atomic mass is 9.90. The minimum atomic E-state index is 0.648. The van der Waals surface area contributed by atoms with Gasteiger partial charge < -0.3 is 0 Å². The third-order valence-corrected chi connectivity index (χ3v) is 3.44. The largest absolute Gasteiger partial charge is 0.264 e. The summed E-state index contributed by atoms with van der Waals surface area (Å²) in [5.41, 5.74) is 1.24. The molecule has 1 radical (unpaired) electrons. The fourth-order valence-electron chi connectivity index (χ4n) is 2.36. The Morgan fingerprint density at radius 2 is 2.11 bits per heavy atom. The van der Waals surface area contributed by atoms with Crippen LogP contribution >= 0.6 is 0 Å². The van der Waals surface area contributed by atoms with Gasteiger partial charge in [-0.3, -0.25) is 4.98 Å². The lowest BCUT2D eigenvalue weighted by molar-refractivity contribution is 0.470. The molecular weight excluding hydrogens is 230 g/mol. The summed E-state index contributed by atoms with van der Waals surface area (Å²) in [6.07, 6.45) is 21.3. The fourth-order valence-corrected chi connectivity index (χ4v) is 2.36. The second-order valence-corrected chi connectivity index (χ2v) is 5.16. The molecule has 103 valence electrons. The first-order chi connectivity index (χ1) is 9.36. The average molecular weight is 256 g/mol. The third kappa shape index (κ3) is 7.67. The minimum Gasteiger partial charge on any atom is -0.264 e. The van der Waals surface area contributed by atoms with Gasteiger partial charge in [0.15, 0.2) is 0 Å². The zero-order valence-corrected chi connectivity index (χ0v) is 12.1. The van der Waals surface area contributed by atoms with E-state index in [-0.39, 0.29) is 0 Å².